The first-order chi connectivity index (χ1) is 15.4. The Morgan fingerprint density at radius 1 is 1.28 bits per heavy atom. The van der Waals surface area contributed by atoms with Gasteiger partial charge in [-0.25, -0.2) is 0 Å². The SMILES string of the molecule is Cn1c(=O)c(C(=O)NCc2ccc(Cl)cc2)cc2cncc(OCC3(SC4CC4)CC3)c21. The van der Waals surface area contributed by atoms with Crippen LogP contribution in [0, 0.1) is 0 Å². The van der Waals surface area contributed by atoms with Crippen molar-refractivity contribution in [2.75, 3.05) is 6.61 Å². The van der Waals surface area contributed by atoms with Gasteiger partial charge in [0.05, 0.1) is 16.5 Å². The van der Waals surface area contributed by atoms with E-state index in [4.69, 9.17) is 16.3 Å². The monoisotopic (exact) mass is 469 g/mol. The Bertz CT molecular complexity index is 1230. The van der Waals surface area contributed by atoms with Crippen LogP contribution in [-0.4, -0.2) is 32.1 Å². The summed E-state index contributed by atoms with van der Waals surface area (Å²) in [6.07, 6.45) is 8.26. The lowest BCUT2D eigenvalue weighted by atomic mass is 10.1. The van der Waals surface area contributed by atoms with Gasteiger partial charge in [0.1, 0.15) is 12.2 Å². The molecule has 2 heterocycles. The summed E-state index contributed by atoms with van der Waals surface area (Å²) in [6.45, 7) is 0.922. The van der Waals surface area contributed by atoms with Crippen molar-refractivity contribution < 1.29 is 9.53 Å². The predicted molar refractivity (Wildman–Crippen MR) is 128 cm³/mol. The number of benzene rings is 1. The van der Waals surface area contributed by atoms with E-state index in [9.17, 15) is 9.59 Å². The average molecular weight is 470 g/mol. The molecule has 2 saturated carbocycles. The highest BCUT2D eigenvalue weighted by molar-refractivity contribution is 8.01. The number of hydrogen-bond donors (Lipinski definition) is 1. The van der Waals surface area contributed by atoms with Crippen molar-refractivity contribution in [2.24, 2.45) is 7.05 Å². The summed E-state index contributed by atoms with van der Waals surface area (Å²) in [5.74, 6) is 0.157. The standard InChI is InChI=1S/C24H24ClN3O3S/c1-28-21-16(12-26-13-20(21)31-14-24(8-9-24)32-18-6-7-18)10-19(23(28)30)22(29)27-11-15-2-4-17(25)5-3-15/h2-5,10,12-13,18H,6-9,11,14H2,1H3,(H,27,29). The molecule has 8 heteroatoms. The molecule has 2 aliphatic rings. The van der Waals surface area contributed by atoms with E-state index in [-0.39, 0.29) is 15.9 Å². The molecule has 1 amide bonds. The highest BCUT2D eigenvalue weighted by Gasteiger charge is 2.48. The van der Waals surface area contributed by atoms with Crippen LogP contribution in [0.3, 0.4) is 0 Å². The topological polar surface area (TPSA) is 73.2 Å². The van der Waals surface area contributed by atoms with Crippen LogP contribution in [0.5, 0.6) is 5.75 Å². The molecule has 2 aliphatic carbocycles. The number of halogens is 1. The molecular formula is C24H24ClN3O3S. The van der Waals surface area contributed by atoms with Gasteiger partial charge < -0.3 is 14.6 Å². The van der Waals surface area contributed by atoms with Gasteiger partial charge in [0.2, 0.25) is 0 Å². The summed E-state index contributed by atoms with van der Waals surface area (Å²) in [6, 6.07) is 8.80. The van der Waals surface area contributed by atoms with Gasteiger partial charge in [-0.2, -0.15) is 0 Å². The van der Waals surface area contributed by atoms with Crippen LogP contribution in [0.15, 0.2) is 47.5 Å². The Morgan fingerprint density at radius 3 is 2.72 bits per heavy atom. The number of amides is 1. The van der Waals surface area contributed by atoms with Crippen LogP contribution in [-0.2, 0) is 13.6 Å². The Morgan fingerprint density at radius 2 is 2.03 bits per heavy atom. The number of aryl methyl sites for hydroxylation is 1. The molecule has 6 nitrogen and oxygen atoms in total. The maximum Gasteiger partial charge on any atom is 0.263 e. The molecule has 0 radical (unpaired) electrons. The summed E-state index contributed by atoms with van der Waals surface area (Å²) in [7, 11) is 1.67. The first-order valence-electron chi connectivity index (χ1n) is 10.8. The number of carbonyl (C=O) groups is 1. The van der Waals surface area contributed by atoms with E-state index in [0.717, 1.165) is 10.8 Å². The lowest BCUT2D eigenvalue weighted by Crippen LogP contribution is -2.32. The van der Waals surface area contributed by atoms with Gasteiger partial charge in [-0.15, -0.1) is 11.8 Å². The van der Waals surface area contributed by atoms with Gasteiger partial charge in [-0.3, -0.25) is 14.6 Å². The van der Waals surface area contributed by atoms with E-state index < -0.39 is 5.91 Å². The third kappa shape index (κ3) is 4.50. The third-order valence-corrected chi connectivity index (χ3v) is 8.02. The van der Waals surface area contributed by atoms with Gasteiger partial charge >= 0.3 is 0 Å². The van der Waals surface area contributed by atoms with Crippen molar-refractivity contribution in [3.8, 4) is 5.75 Å². The van der Waals surface area contributed by atoms with Crippen molar-refractivity contribution in [2.45, 2.75) is 42.2 Å². The second kappa shape index (κ2) is 8.45. The fourth-order valence-corrected chi connectivity index (χ4v) is 5.42. The Balaban J connectivity index is 1.36. The summed E-state index contributed by atoms with van der Waals surface area (Å²) in [5.41, 5.74) is 1.27. The van der Waals surface area contributed by atoms with Crippen molar-refractivity contribution in [3.63, 3.8) is 0 Å². The number of rotatable bonds is 8. The lowest BCUT2D eigenvalue weighted by Gasteiger charge is -2.18. The zero-order valence-corrected chi connectivity index (χ0v) is 19.3. The molecule has 0 saturated heterocycles. The highest BCUT2D eigenvalue weighted by atomic mass is 35.5. The van der Waals surface area contributed by atoms with Crippen molar-refractivity contribution in [3.05, 3.63) is 69.2 Å². The predicted octanol–water partition coefficient (Wildman–Crippen LogP) is 4.32. The Kier molecular flexibility index (Phi) is 5.63. The molecule has 2 fully saturated rings. The van der Waals surface area contributed by atoms with E-state index in [0.29, 0.717) is 34.8 Å². The van der Waals surface area contributed by atoms with Crippen LogP contribution in [0.1, 0.15) is 41.6 Å². The molecule has 0 spiro atoms. The molecule has 0 atom stereocenters. The lowest BCUT2D eigenvalue weighted by molar-refractivity contribution is 0.0949. The second-order valence-electron chi connectivity index (χ2n) is 8.60. The fraction of sp³-hybridized carbons (Fsp3) is 0.375. The molecule has 1 aromatic carbocycles. The first kappa shape index (κ1) is 21.3. The number of aromatic nitrogens is 2. The van der Waals surface area contributed by atoms with Gasteiger partial charge in [-0.05, 0) is 49.4 Å². The molecule has 32 heavy (non-hydrogen) atoms. The second-order valence-corrected chi connectivity index (χ2v) is 10.8. The van der Waals surface area contributed by atoms with Crippen molar-refractivity contribution in [1.82, 2.24) is 14.9 Å². The smallest absolute Gasteiger partial charge is 0.263 e. The highest BCUT2D eigenvalue weighted by Crippen LogP contribution is 2.55. The third-order valence-electron chi connectivity index (χ3n) is 5.93. The minimum absolute atomic E-state index is 0.0795. The van der Waals surface area contributed by atoms with Crippen LogP contribution >= 0.6 is 23.4 Å². The summed E-state index contributed by atoms with van der Waals surface area (Å²) in [4.78, 5) is 30.0. The number of hydrogen-bond acceptors (Lipinski definition) is 5. The number of nitrogens with one attached hydrogen (secondary N) is 1. The molecule has 0 aliphatic heterocycles. The molecule has 3 aromatic rings. The minimum atomic E-state index is -0.425. The van der Waals surface area contributed by atoms with Gasteiger partial charge in [0, 0.05) is 35.4 Å². The van der Waals surface area contributed by atoms with Crippen LogP contribution in [0.4, 0.5) is 0 Å². The van der Waals surface area contributed by atoms with Gasteiger partial charge in [0.15, 0.2) is 5.75 Å². The van der Waals surface area contributed by atoms with E-state index in [1.165, 1.54) is 30.3 Å². The zero-order chi connectivity index (χ0) is 22.3. The summed E-state index contributed by atoms with van der Waals surface area (Å²) < 4.78 is 7.87. The van der Waals surface area contributed by atoms with E-state index >= 15 is 0 Å². The number of carbonyl (C=O) groups excluding carboxylic acids is 1. The van der Waals surface area contributed by atoms with Gasteiger partial charge in [0.25, 0.3) is 11.5 Å². The summed E-state index contributed by atoms with van der Waals surface area (Å²) >= 11 is 7.95. The normalized spacial score (nSPS) is 16.7. The quantitative estimate of drug-likeness (QED) is 0.531. The number of ether oxygens (including phenoxy) is 1. The number of pyridine rings is 2. The average Bonchev–Trinajstić information content (AvgIpc) is 3.73. The molecule has 0 unspecified atom stereocenters. The zero-order valence-electron chi connectivity index (χ0n) is 17.8. The van der Waals surface area contributed by atoms with Crippen LogP contribution in [0.2, 0.25) is 5.02 Å². The van der Waals surface area contributed by atoms with Crippen LogP contribution < -0.4 is 15.6 Å². The molecule has 2 aromatic heterocycles. The number of nitrogens with zero attached hydrogens (tertiary/aromatic N) is 2. The maximum absolute atomic E-state index is 13.0. The van der Waals surface area contributed by atoms with E-state index in [1.54, 1.807) is 37.6 Å². The molecule has 166 valence electrons. The molecule has 0 bridgehead atoms. The number of thioether (sulfide) groups is 1. The maximum atomic E-state index is 13.0. The van der Waals surface area contributed by atoms with Crippen molar-refractivity contribution in [1.29, 1.82) is 0 Å². The largest absolute Gasteiger partial charge is 0.488 e. The molecule has 1 N–H and O–H groups in total. The van der Waals surface area contributed by atoms with E-state index in [1.807, 2.05) is 23.9 Å². The summed E-state index contributed by atoms with van der Waals surface area (Å²) in [5, 5.41) is 4.92. The van der Waals surface area contributed by atoms with Crippen molar-refractivity contribution >= 4 is 40.2 Å². The Labute approximate surface area is 195 Å². The van der Waals surface area contributed by atoms with Crippen LogP contribution in [0.25, 0.3) is 10.9 Å². The Hall–Kier alpha value is -2.51. The molecule has 5 rings (SSSR count). The van der Waals surface area contributed by atoms with E-state index in [2.05, 4.69) is 10.3 Å². The fourth-order valence-electron chi connectivity index (χ4n) is 3.75. The van der Waals surface area contributed by atoms with Gasteiger partial charge in [-0.1, -0.05) is 23.7 Å². The molecular weight excluding hydrogens is 446 g/mol. The number of fused-ring (bicyclic) bond motifs is 1. The first-order valence-corrected chi connectivity index (χ1v) is 12.0. The minimum Gasteiger partial charge on any atom is -0.488 e.